The molecule has 3 rings (SSSR count). The van der Waals surface area contributed by atoms with Crippen molar-refractivity contribution in [2.75, 3.05) is 6.54 Å². The summed E-state index contributed by atoms with van der Waals surface area (Å²) in [6.45, 7) is -2.38. The van der Waals surface area contributed by atoms with Gasteiger partial charge >= 0.3 is 6.55 Å². The molecule has 1 unspecified atom stereocenters. The summed E-state index contributed by atoms with van der Waals surface area (Å²) in [5.41, 5.74) is 0.677. The van der Waals surface area contributed by atoms with E-state index in [9.17, 15) is 18.0 Å². The van der Waals surface area contributed by atoms with Crippen molar-refractivity contribution < 1.29 is 18.0 Å². The van der Waals surface area contributed by atoms with E-state index >= 15 is 0 Å². The number of carbonyl (C=O) groups is 1. The molecule has 1 fully saturated rings. The summed E-state index contributed by atoms with van der Waals surface area (Å²) in [5, 5.41) is 3.51. The molecular weight excluding hydrogens is 307 g/mol. The highest BCUT2D eigenvalue weighted by atomic mass is 19.3. The number of carbonyl (C=O) groups excluding carboxylic acids is 1. The third kappa shape index (κ3) is 3.09. The number of rotatable bonds is 3. The van der Waals surface area contributed by atoms with Gasteiger partial charge in [-0.25, -0.2) is 4.39 Å². The molecule has 0 bridgehead atoms. The molecular formula is C16H16F3N3O. The van der Waals surface area contributed by atoms with Gasteiger partial charge in [0, 0.05) is 12.7 Å². The Labute approximate surface area is 131 Å². The Kier molecular flexibility index (Phi) is 4.36. The van der Waals surface area contributed by atoms with Gasteiger partial charge < -0.3 is 4.90 Å². The van der Waals surface area contributed by atoms with E-state index in [0.29, 0.717) is 11.2 Å². The van der Waals surface area contributed by atoms with Gasteiger partial charge in [0.1, 0.15) is 11.5 Å². The molecule has 4 nitrogen and oxygen atoms in total. The largest absolute Gasteiger partial charge is 0.333 e. The van der Waals surface area contributed by atoms with Gasteiger partial charge in [0.15, 0.2) is 0 Å². The maximum Gasteiger partial charge on any atom is 0.333 e. The average molecular weight is 323 g/mol. The van der Waals surface area contributed by atoms with E-state index in [1.807, 2.05) is 0 Å². The molecule has 1 atom stereocenters. The zero-order valence-corrected chi connectivity index (χ0v) is 12.3. The Morgan fingerprint density at radius 3 is 2.61 bits per heavy atom. The van der Waals surface area contributed by atoms with Gasteiger partial charge in [-0.05, 0) is 43.0 Å². The molecule has 0 N–H and O–H groups in total. The summed E-state index contributed by atoms with van der Waals surface area (Å²) in [6.07, 6.45) is 3.66. The van der Waals surface area contributed by atoms with Crippen LogP contribution in [-0.2, 0) is 0 Å². The van der Waals surface area contributed by atoms with E-state index in [4.69, 9.17) is 0 Å². The third-order valence-electron chi connectivity index (χ3n) is 4.09. The maximum atomic E-state index is 13.1. The van der Waals surface area contributed by atoms with Crippen LogP contribution in [-0.4, -0.2) is 27.1 Å². The van der Waals surface area contributed by atoms with Crippen LogP contribution in [0.2, 0.25) is 0 Å². The van der Waals surface area contributed by atoms with E-state index in [-0.39, 0.29) is 17.6 Å². The lowest BCUT2D eigenvalue weighted by Gasteiger charge is -2.36. The molecule has 2 aromatic rings. The average Bonchev–Trinajstić information content (AvgIpc) is 3.05. The van der Waals surface area contributed by atoms with Gasteiger partial charge in [0.25, 0.3) is 5.91 Å². The van der Waals surface area contributed by atoms with E-state index in [1.54, 1.807) is 17.0 Å². The Morgan fingerprint density at radius 2 is 1.91 bits per heavy atom. The van der Waals surface area contributed by atoms with Crippen molar-refractivity contribution in [2.24, 2.45) is 0 Å². The smallest absolute Gasteiger partial charge is 0.330 e. The number of halogens is 3. The zero-order chi connectivity index (χ0) is 16.4. The number of likely N-dealkylation sites (tertiary alicyclic amines) is 1. The number of aromatic nitrogens is 2. The fourth-order valence-electron chi connectivity index (χ4n) is 2.99. The Balaban J connectivity index is 1.90. The predicted molar refractivity (Wildman–Crippen MR) is 77.5 cm³/mol. The van der Waals surface area contributed by atoms with Gasteiger partial charge in [-0.15, -0.1) is 0 Å². The fraction of sp³-hybridized carbons (Fsp3) is 0.375. The molecule has 7 heteroatoms. The minimum absolute atomic E-state index is 0.131. The molecule has 0 saturated carbocycles. The monoisotopic (exact) mass is 323 g/mol. The van der Waals surface area contributed by atoms with Crippen molar-refractivity contribution in [3.8, 4) is 0 Å². The third-order valence-corrected chi connectivity index (χ3v) is 4.09. The van der Waals surface area contributed by atoms with Crippen LogP contribution in [0.5, 0.6) is 0 Å². The lowest BCUT2D eigenvalue weighted by atomic mass is 9.95. The first kappa shape index (κ1) is 15.6. The molecule has 122 valence electrons. The second kappa shape index (κ2) is 6.44. The highest BCUT2D eigenvalue weighted by molar-refractivity contribution is 5.93. The fourth-order valence-corrected chi connectivity index (χ4v) is 2.99. The van der Waals surface area contributed by atoms with E-state index in [2.05, 4.69) is 5.10 Å². The molecule has 1 aromatic carbocycles. The van der Waals surface area contributed by atoms with Crippen LogP contribution in [0, 0.1) is 5.82 Å². The first-order valence-corrected chi connectivity index (χ1v) is 7.46. The van der Waals surface area contributed by atoms with Crippen LogP contribution < -0.4 is 0 Å². The van der Waals surface area contributed by atoms with Crippen molar-refractivity contribution >= 4 is 5.91 Å². The molecule has 0 radical (unpaired) electrons. The first-order chi connectivity index (χ1) is 11.1. The van der Waals surface area contributed by atoms with Crippen molar-refractivity contribution in [3.05, 3.63) is 53.6 Å². The molecule has 2 heterocycles. The number of hydrogen-bond donors (Lipinski definition) is 0. The topological polar surface area (TPSA) is 38.1 Å². The van der Waals surface area contributed by atoms with Crippen LogP contribution in [0.4, 0.5) is 13.2 Å². The lowest BCUT2D eigenvalue weighted by molar-refractivity contribution is 0.0411. The summed E-state index contributed by atoms with van der Waals surface area (Å²) in [4.78, 5) is 14.3. The molecule has 0 spiro atoms. The van der Waals surface area contributed by atoms with E-state index in [0.717, 1.165) is 24.8 Å². The molecule has 1 amide bonds. The van der Waals surface area contributed by atoms with Crippen LogP contribution in [0.3, 0.4) is 0 Å². The number of amides is 1. The highest BCUT2D eigenvalue weighted by Gasteiger charge is 2.31. The lowest BCUT2D eigenvalue weighted by Crippen LogP contribution is -2.39. The van der Waals surface area contributed by atoms with Crippen molar-refractivity contribution in [1.29, 1.82) is 0 Å². The Bertz CT molecular complexity index is 684. The summed E-state index contributed by atoms with van der Waals surface area (Å²) in [6, 6.07) is 7.01. The Morgan fingerprint density at radius 1 is 1.17 bits per heavy atom. The second-order valence-electron chi connectivity index (χ2n) is 5.50. The van der Waals surface area contributed by atoms with Gasteiger partial charge in [0.2, 0.25) is 0 Å². The summed E-state index contributed by atoms with van der Waals surface area (Å²) >= 11 is 0. The van der Waals surface area contributed by atoms with Crippen molar-refractivity contribution in [3.63, 3.8) is 0 Å². The molecule has 1 aromatic heterocycles. The van der Waals surface area contributed by atoms with Gasteiger partial charge in [0.05, 0.1) is 6.04 Å². The van der Waals surface area contributed by atoms with Gasteiger partial charge in [-0.2, -0.15) is 18.6 Å². The number of nitrogens with zero attached hydrogens (tertiary/aromatic N) is 3. The molecule has 0 aliphatic carbocycles. The summed E-state index contributed by atoms with van der Waals surface area (Å²) < 4.78 is 39.4. The standard InChI is InChI=1S/C16H16F3N3O/c17-12-6-4-11(5-7-12)13-3-1-2-10-21(13)15(23)14-8-9-20-22(14)16(18)19/h4-9,13,16H,1-3,10H2. The zero-order valence-electron chi connectivity index (χ0n) is 12.3. The van der Waals surface area contributed by atoms with Crippen LogP contribution in [0.15, 0.2) is 36.5 Å². The van der Waals surface area contributed by atoms with Crippen molar-refractivity contribution in [1.82, 2.24) is 14.7 Å². The van der Waals surface area contributed by atoms with Crippen LogP contribution >= 0.6 is 0 Å². The number of alkyl halides is 2. The first-order valence-electron chi connectivity index (χ1n) is 7.46. The van der Waals surface area contributed by atoms with E-state index < -0.39 is 12.5 Å². The second-order valence-corrected chi connectivity index (χ2v) is 5.50. The van der Waals surface area contributed by atoms with Gasteiger partial charge in [-0.1, -0.05) is 12.1 Å². The van der Waals surface area contributed by atoms with Crippen LogP contribution in [0.1, 0.15) is 47.9 Å². The molecule has 1 saturated heterocycles. The van der Waals surface area contributed by atoms with Crippen molar-refractivity contribution in [2.45, 2.75) is 31.9 Å². The molecule has 1 aliphatic rings. The maximum absolute atomic E-state index is 13.1. The molecule has 1 aliphatic heterocycles. The summed E-state index contributed by atoms with van der Waals surface area (Å²) in [7, 11) is 0. The predicted octanol–water partition coefficient (Wildman–Crippen LogP) is 3.78. The normalized spacial score (nSPS) is 18.4. The number of hydrogen-bond acceptors (Lipinski definition) is 2. The Hall–Kier alpha value is -2.31. The quantitative estimate of drug-likeness (QED) is 0.862. The minimum Gasteiger partial charge on any atom is -0.330 e. The summed E-state index contributed by atoms with van der Waals surface area (Å²) in [5.74, 6) is -0.824. The highest BCUT2D eigenvalue weighted by Crippen LogP contribution is 2.32. The number of piperidine rings is 1. The van der Waals surface area contributed by atoms with E-state index in [1.165, 1.54) is 24.4 Å². The number of benzene rings is 1. The SMILES string of the molecule is O=C(c1ccnn1C(F)F)N1CCCCC1c1ccc(F)cc1. The minimum atomic E-state index is -2.86. The molecule has 23 heavy (non-hydrogen) atoms. The van der Waals surface area contributed by atoms with Gasteiger partial charge in [-0.3, -0.25) is 4.79 Å². The van der Waals surface area contributed by atoms with Crippen LogP contribution in [0.25, 0.3) is 0 Å².